The van der Waals surface area contributed by atoms with Gasteiger partial charge in [-0.1, -0.05) is 0 Å². The Balaban J connectivity index is 0.00000242. The van der Waals surface area contributed by atoms with E-state index in [-0.39, 0.29) is 30.8 Å². The van der Waals surface area contributed by atoms with Gasteiger partial charge in [0.05, 0.1) is 19.3 Å². The molecule has 1 aromatic rings. The second-order valence-electron chi connectivity index (χ2n) is 5.12. The van der Waals surface area contributed by atoms with Crippen molar-refractivity contribution >= 4 is 29.9 Å². The van der Waals surface area contributed by atoms with Crippen molar-refractivity contribution in [1.82, 2.24) is 10.6 Å². The molecule has 22 heavy (non-hydrogen) atoms. The fraction of sp³-hybridized carbons (Fsp3) is 0.467. The van der Waals surface area contributed by atoms with Crippen molar-refractivity contribution in [3.8, 4) is 5.75 Å². The van der Waals surface area contributed by atoms with Crippen LogP contribution in [-0.2, 0) is 4.79 Å². The minimum absolute atomic E-state index is 0. The average molecular weight is 328 g/mol. The zero-order chi connectivity index (χ0) is 15.2. The molecule has 0 unspecified atom stereocenters. The number of amides is 2. The van der Waals surface area contributed by atoms with Gasteiger partial charge in [0, 0.05) is 12.6 Å². The van der Waals surface area contributed by atoms with Crippen LogP contribution in [0.4, 0.5) is 5.69 Å². The topological polar surface area (TPSA) is 79.5 Å². The molecule has 1 aromatic carbocycles. The maximum absolute atomic E-state index is 11.9. The van der Waals surface area contributed by atoms with Crippen LogP contribution in [0.5, 0.6) is 5.75 Å². The Kier molecular flexibility index (Phi) is 7.14. The number of rotatable bonds is 7. The summed E-state index contributed by atoms with van der Waals surface area (Å²) >= 11 is 0. The fourth-order valence-electron chi connectivity index (χ4n) is 2.00. The number of carbonyl (C=O) groups is 2. The van der Waals surface area contributed by atoms with Crippen molar-refractivity contribution in [2.24, 2.45) is 5.92 Å². The van der Waals surface area contributed by atoms with E-state index in [1.165, 1.54) is 20.0 Å². The van der Waals surface area contributed by atoms with Gasteiger partial charge in [-0.25, -0.2) is 0 Å². The minimum atomic E-state index is -0.208. The van der Waals surface area contributed by atoms with Crippen LogP contribution in [0.2, 0.25) is 0 Å². The van der Waals surface area contributed by atoms with Crippen LogP contribution in [0.25, 0.3) is 0 Å². The van der Waals surface area contributed by atoms with E-state index in [1.54, 1.807) is 25.2 Å². The Morgan fingerprint density at radius 1 is 1.32 bits per heavy atom. The number of nitrogens with one attached hydrogen (secondary N) is 3. The Labute approximate surface area is 136 Å². The molecule has 0 radical (unpaired) electrons. The second kappa shape index (κ2) is 8.60. The number of anilines is 1. The van der Waals surface area contributed by atoms with Crippen molar-refractivity contribution in [3.63, 3.8) is 0 Å². The molecule has 1 aliphatic carbocycles. The Hall–Kier alpha value is -1.79. The molecule has 1 fully saturated rings. The van der Waals surface area contributed by atoms with Crippen LogP contribution in [0, 0.1) is 5.92 Å². The van der Waals surface area contributed by atoms with E-state index in [2.05, 4.69) is 16.0 Å². The third kappa shape index (κ3) is 5.20. The summed E-state index contributed by atoms with van der Waals surface area (Å²) in [7, 11) is 3.09. The predicted molar refractivity (Wildman–Crippen MR) is 87.9 cm³/mol. The monoisotopic (exact) mass is 327 g/mol. The van der Waals surface area contributed by atoms with Crippen molar-refractivity contribution in [2.45, 2.75) is 12.8 Å². The summed E-state index contributed by atoms with van der Waals surface area (Å²) < 4.78 is 5.20. The first-order valence-electron chi connectivity index (χ1n) is 7.04. The quantitative estimate of drug-likeness (QED) is 0.707. The lowest BCUT2D eigenvalue weighted by Gasteiger charge is -2.12. The van der Waals surface area contributed by atoms with E-state index in [4.69, 9.17) is 4.74 Å². The van der Waals surface area contributed by atoms with Gasteiger partial charge in [-0.3, -0.25) is 9.59 Å². The number of benzene rings is 1. The van der Waals surface area contributed by atoms with Gasteiger partial charge in [-0.15, -0.1) is 12.4 Å². The second-order valence-corrected chi connectivity index (χ2v) is 5.12. The van der Waals surface area contributed by atoms with Crippen molar-refractivity contribution in [3.05, 3.63) is 23.8 Å². The minimum Gasteiger partial charge on any atom is -0.495 e. The van der Waals surface area contributed by atoms with Crippen LogP contribution >= 0.6 is 12.4 Å². The highest BCUT2D eigenvalue weighted by Gasteiger charge is 2.20. The number of methoxy groups -OCH3 is 1. The molecule has 2 amide bonds. The van der Waals surface area contributed by atoms with E-state index in [0.29, 0.717) is 17.0 Å². The third-order valence-corrected chi connectivity index (χ3v) is 3.38. The van der Waals surface area contributed by atoms with Gasteiger partial charge >= 0.3 is 0 Å². The third-order valence-electron chi connectivity index (χ3n) is 3.38. The van der Waals surface area contributed by atoms with Crippen LogP contribution < -0.4 is 20.7 Å². The summed E-state index contributed by atoms with van der Waals surface area (Å²) in [4.78, 5) is 23.5. The zero-order valence-corrected chi connectivity index (χ0v) is 13.6. The summed E-state index contributed by atoms with van der Waals surface area (Å²) in [6.07, 6.45) is 2.49. The lowest BCUT2D eigenvalue weighted by Crippen LogP contribution is -2.29. The van der Waals surface area contributed by atoms with Crippen LogP contribution in [0.15, 0.2) is 18.2 Å². The summed E-state index contributed by atoms with van der Waals surface area (Å²) in [6, 6.07) is 4.92. The lowest BCUT2D eigenvalue weighted by molar-refractivity contribution is -0.115. The standard InChI is InChI=1S/C15H21N3O3.ClH/c1-16-15(20)11-5-6-13(21-2)12(7-11)18-14(19)9-17-8-10-3-4-10;/h5-7,10,17H,3-4,8-9H2,1-2H3,(H,16,20)(H,18,19);1H. The first-order chi connectivity index (χ1) is 10.1. The first-order valence-corrected chi connectivity index (χ1v) is 7.04. The maximum atomic E-state index is 11.9. The Morgan fingerprint density at radius 2 is 2.05 bits per heavy atom. The molecule has 0 aromatic heterocycles. The molecule has 0 atom stereocenters. The van der Waals surface area contributed by atoms with Gasteiger partial charge in [0.25, 0.3) is 5.91 Å². The Bertz CT molecular complexity index is 533. The molecule has 122 valence electrons. The Morgan fingerprint density at radius 3 is 2.64 bits per heavy atom. The highest BCUT2D eigenvalue weighted by Crippen LogP contribution is 2.27. The fourth-order valence-corrected chi connectivity index (χ4v) is 2.00. The molecule has 0 saturated heterocycles. The molecule has 6 nitrogen and oxygen atoms in total. The SMILES string of the molecule is CNC(=O)c1ccc(OC)c(NC(=O)CNCC2CC2)c1.Cl. The normalized spacial score (nSPS) is 13.0. The molecule has 1 saturated carbocycles. The molecule has 0 heterocycles. The smallest absolute Gasteiger partial charge is 0.251 e. The van der Waals surface area contributed by atoms with Crippen LogP contribution in [-0.4, -0.2) is 39.1 Å². The lowest BCUT2D eigenvalue weighted by atomic mass is 10.1. The highest BCUT2D eigenvalue weighted by atomic mass is 35.5. The molecule has 0 aliphatic heterocycles. The highest BCUT2D eigenvalue weighted by molar-refractivity contribution is 5.98. The molecule has 0 spiro atoms. The van der Waals surface area contributed by atoms with E-state index >= 15 is 0 Å². The number of ether oxygens (including phenoxy) is 1. The van der Waals surface area contributed by atoms with Crippen LogP contribution in [0.1, 0.15) is 23.2 Å². The van der Waals surface area contributed by atoms with Gasteiger partial charge in [0.2, 0.25) is 5.91 Å². The number of hydrogen-bond acceptors (Lipinski definition) is 4. The molecule has 7 heteroatoms. The van der Waals surface area contributed by atoms with Gasteiger partial charge < -0.3 is 20.7 Å². The number of carbonyl (C=O) groups excluding carboxylic acids is 2. The first kappa shape index (κ1) is 18.3. The predicted octanol–water partition coefficient (Wildman–Crippen LogP) is 1.41. The zero-order valence-electron chi connectivity index (χ0n) is 12.8. The molecule has 0 bridgehead atoms. The molecule has 2 rings (SSSR count). The summed E-state index contributed by atoms with van der Waals surface area (Å²) in [6.45, 7) is 1.13. The van der Waals surface area contributed by atoms with E-state index in [9.17, 15) is 9.59 Å². The van der Waals surface area contributed by atoms with Crippen molar-refractivity contribution < 1.29 is 14.3 Å². The van der Waals surface area contributed by atoms with Crippen LogP contribution in [0.3, 0.4) is 0 Å². The van der Waals surface area contributed by atoms with Gasteiger partial charge in [-0.05, 0) is 43.5 Å². The largest absolute Gasteiger partial charge is 0.495 e. The van der Waals surface area contributed by atoms with Gasteiger partial charge in [0.1, 0.15) is 5.75 Å². The average Bonchev–Trinajstić information content (AvgIpc) is 3.30. The van der Waals surface area contributed by atoms with Crippen molar-refractivity contribution in [2.75, 3.05) is 32.6 Å². The molecule has 1 aliphatic rings. The summed E-state index contributed by atoms with van der Waals surface area (Å²) in [5, 5.41) is 8.44. The van der Waals surface area contributed by atoms with Gasteiger partial charge in [0.15, 0.2) is 0 Å². The molecular weight excluding hydrogens is 306 g/mol. The summed E-state index contributed by atoms with van der Waals surface area (Å²) in [5.74, 6) is 0.894. The molecular formula is C15H22ClN3O3. The number of hydrogen-bond donors (Lipinski definition) is 3. The maximum Gasteiger partial charge on any atom is 0.251 e. The molecule has 3 N–H and O–H groups in total. The van der Waals surface area contributed by atoms with Gasteiger partial charge in [-0.2, -0.15) is 0 Å². The van der Waals surface area contributed by atoms with Crippen molar-refractivity contribution in [1.29, 1.82) is 0 Å². The van der Waals surface area contributed by atoms with E-state index in [1.807, 2.05) is 0 Å². The van der Waals surface area contributed by atoms with E-state index < -0.39 is 0 Å². The summed E-state index contributed by atoms with van der Waals surface area (Å²) in [5.41, 5.74) is 0.969. The number of halogens is 1. The van der Waals surface area contributed by atoms with E-state index in [0.717, 1.165) is 12.5 Å².